The summed E-state index contributed by atoms with van der Waals surface area (Å²) in [5.74, 6) is 1.15. The lowest BCUT2D eigenvalue weighted by molar-refractivity contribution is -0.118. The molecule has 7 nitrogen and oxygen atoms in total. The van der Waals surface area contributed by atoms with E-state index >= 15 is 0 Å². The second-order valence-electron chi connectivity index (χ2n) is 6.83. The monoisotopic (exact) mass is 485 g/mol. The van der Waals surface area contributed by atoms with Crippen molar-refractivity contribution in [1.82, 2.24) is 0 Å². The predicted octanol–water partition coefficient (Wildman–Crippen LogP) is 5.92. The third-order valence-electron chi connectivity index (χ3n) is 4.57. The van der Waals surface area contributed by atoms with E-state index in [-0.39, 0.29) is 17.8 Å². The Kier molecular flexibility index (Phi) is 6.72. The molecule has 0 spiro atoms. The molecule has 0 aliphatic carbocycles. The topological polar surface area (TPSA) is 87.0 Å². The molecule has 0 aliphatic rings. The summed E-state index contributed by atoms with van der Waals surface area (Å²) in [6, 6.07) is 16.2. The lowest BCUT2D eigenvalue weighted by Crippen LogP contribution is -2.20. The molecule has 3 aromatic carbocycles. The van der Waals surface area contributed by atoms with Gasteiger partial charge < -0.3 is 23.9 Å². The summed E-state index contributed by atoms with van der Waals surface area (Å²) in [6.07, 6.45) is 1.23. The Morgan fingerprint density at radius 2 is 1.67 bits per heavy atom. The fourth-order valence-corrected chi connectivity index (χ4v) is 3.24. The van der Waals surface area contributed by atoms with Gasteiger partial charge in [0.2, 0.25) is 11.2 Å². The highest BCUT2D eigenvalue weighted by molar-refractivity contribution is 6.42. The molecule has 168 valence electrons. The summed E-state index contributed by atoms with van der Waals surface area (Å²) in [7, 11) is 1.56. The van der Waals surface area contributed by atoms with Crippen molar-refractivity contribution in [3.8, 4) is 23.0 Å². The number of rotatable bonds is 7. The number of nitrogens with one attached hydrogen (secondary N) is 1. The first-order chi connectivity index (χ1) is 15.9. The highest BCUT2D eigenvalue weighted by Gasteiger charge is 2.12. The van der Waals surface area contributed by atoms with Gasteiger partial charge in [0.15, 0.2) is 6.61 Å². The Labute approximate surface area is 198 Å². The van der Waals surface area contributed by atoms with Crippen LogP contribution in [-0.2, 0) is 4.79 Å². The first-order valence-corrected chi connectivity index (χ1v) is 10.4. The van der Waals surface area contributed by atoms with E-state index < -0.39 is 5.91 Å². The van der Waals surface area contributed by atoms with Crippen LogP contribution in [0.4, 0.5) is 5.69 Å². The molecule has 1 N–H and O–H groups in total. The minimum Gasteiger partial charge on any atom is -0.497 e. The van der Waals surface area contributed by atoms with Gasteiger partial charge >= 0.3 is 0 Å². The third kappa shape index (κ3) is 5.39. The minimum absolute atomic E-state index is 0.0438. The van der Waals surface area contributed by atoms with E-state index in [1.165, 1.54) is 18.4 Å². The Morgan fingerprint density at radius 1 is 0.939 bits per heavy atom. The van der Waals surface area contributed by atoms with Crippen LogP contribution in [-0.4, -0.2) is 19.6 Å². The van der Waals surface area contributed by atoms with Crippen LogP contribution in [0.25, 0.3) is 11.0 Å². The Morgan fingerprint density at radius 3 is 2.39 bits per heavy atom. The predicted molar refractivity (Wildman–Crippen MR) is 126 cm³/mol. The zero-order valence-electron chi connectivity index (χ0n) is 17.3. The standard InChI is InChI=1S/C24H17Cl2NO6/c1-30-15-3-5-16(6-4-15)33-22-12-32-21-11-17(7-8-18(21)24(22)29)31-13-23(28)27-14-2-9-19(25)20(26)10-14/h2-12H,13H2,1H3,(H,27,28). The van der Waals surface area contributed by atoms with Crippen molar-refractivity contribution in [1.29, 1.82) is 0 Å². The molecule has 4 aromatic rings. The average Bonchev–Trinajstić information content (AvgIpc) is 2.82. The van der Waals surface area contributed by atoms with Crippen LogP contribution in [0, 0.1) is 0 Å². The van der Waals surface area contributed by atoms with Gasteiger partial charge in [0.25, 0.3) is 5.91 Å². The first-order valence-electron chi connectivity index (χ1n) is 9.68. The molecule has 33 heavy (non-hydrogen) atoms. The number of fused-ring (bicyclic) bond motifs is 1. The van der Waals surface area contributed by atoms with Crippen molar-refractivity contribution in [2.24, 2.45) is 0 Å². The number of halogens is 2. The third-order valence-corrected chi connectivity index (χ3v) is 5.31. The van der Waals surface area contributed by atoms with Gasteiger partial charge in [0.05, 0.1) is 22.5 Å². The van der Waals surface area contributed by atoms with E-state index in [9.17, 15) is 9.59 Å². The van der Waals surface area contributed by atoms with Crippen molar-refractivity contribution in [2.45, 2.75) is 0 Å². The number of benzene rings is 3. The lowest BCUT2D eigenvalue weighted by Gasteiger charge is -2.09. The van der Waals surface area contributed by atoms with Gasteiger partial charge in [0.1, 0.15) is 29.1 Å². The molecule has 0 fully saturated rings. The van der Waals surface area contributed by atoms with Crippen LogP contribution < -0.4 is 25.0 Å². The van der Waals surface area contributed by atoms with Crippen molar-refractivity contribution in [3.63, 3.8) is 0 Å². The van der Waals surface area contributed by atoms with Crippen LogP contribution >= 0.6 is 23.2 Å². The van der Waals surface area contributed by atoms with Gasteiger partial charge in [-0.05, 0) is 54.6 Å². The Hall–Kier alpha value is -3.68. The molecule has 4 rings (SSSR count). The fraction of sp³-hybridized carbons (Fsp3) is 0.0833. The number of carbonyl (C=O) groups is 1. The second kappa shape index (κ2) is 9.85. The number of ether oxygens (including phenoxy) is 3. The molecule has 0 saturated heterocycles. The molecule has 0 saturated carbocycles. The molecule has 0 radical (unpaired) electrons. The minimum atomic E-state index is -0.391. The molecule has 0 bridgehead atoms. The molecule has 9 heteroatoms. The van der Waals surface area contributed by atoms with Gasteiger partial charge in [-0.3, -0.25) is 9.59 Å². The molecule has 1 heterocycles. The number of carbonyl (C=O) groups excluding carboxylic acids is 1. The van der Waals surface area contributed by atoms with E-state index in [0.29, 0.717) is 44.0 Å². The van der Waals surface area contributed by atoms with E-state index in [1.807, 2.05) is 0 Å². The van der Waals surface area contributed by atoms with Gasteiger partial charge in [0, 0.05) is 11.8 Å². The van der Waals surface area contributed by atoms with E-state index in [4.69, 9.17) is 41.8 Å². The summed E-state index contributed by atoms with van der Waals surface area (Å²) in [6.45, 7) is -0.255. The van der Waals surface area contributed by atoms with Crippen molar-refractivity contribution < 1.29 is 23.4 Å². The summed E-state index contributed by atoms with van der Waals surface area (Å²) in [5, 5.41) is 3.69. The zero-order valence-corrected chi connectivity index (χ0v) is 18.8. The maximum atomic E-state index is 12.8. The quantitative estimate of drug-likeness (QED) is 0.349. The maximum Gasteiger partial charge on any atom is 0.262 e. The summed E-state index contributed by atoms with van der Waals surface area (Å²) >= 11 is 11.8. The highest BCUT2D eigenvalue weighted by Crippen LogP contribution is 2.26. The highest BCUT2D eigenvalue weighted by atomic mass is 35.5. The lowest BCUT2D eigenvalue weighted by atomic mass is 10.2. The number of amides is 1. The summed E-state index contributed by atoms with van der Waals surface area (Å²) in [5.41, 5.74) is 0.451. The summed E-state index contributed by atoms with van der Waals surface area (Å²) in [4.78, 5) is 24.9. The van der Waals surface area contributed by atoms with Crippen LogP contribution in [0.5, 0.6) is 23.0 Å². The van der Waals surface area contributed by atoms with Crippen molar-refractivity contribution in [3.05, 3.63) is 87.2 Å². The van der Waals surface area contributed by atoms with E-state index in [0.717, 1.165) is 0 Å². The molecule has 0 atom stereocenters. The number of hydrogen-bond acceptors (Lipinski definition) is 6. The largest absolute Gasteiger partial charge is 0.497 e. The Bertz CT molecular complexity index is 1370. The average molecular weight is 486 g/mol. The summed E-state index contributed by atoms with van der Waals surface area (Å²) < 4.78 is 21.8. The fourth-order valence-electron chi connectivity index (χ4n) is 2.94. The van der Waals surface area contributed by atoms with Crippen LogP contribution in [0.1, 0.15) is 0 Å². The van der Waals surface area contributed by atoms with Crippen molar-refractivity contribution >= 4 is 45.8 Å². The molecule has 0 aliphatic heterocycles. The van der Waals surface area contributed by atoms with Gasteiger partial charge in [-0.15, -0.1) is 0 Å². The second-order valence-corrected chi connectivity index (χ2v) is 7.64. The normalized spacial score (nSPS) is 10.6. The Balaban J connectivity index is 1.43. The molecule has 1 aromatic heterocycles. The van der Waals surface area contributed by atoms with E-state index in [2.05, 4.69) is 5.32 Å². The smallest absolute Gasteiger partial charge is 0.262 e. The first kappa shape index (κ1) is 22.5. The SMILES string of the molecule is COc1ccc(Oc2coc3cc(OCC(=O)Nc4ccc(Cl)c(Cl)c4)ccc3c2=O)cc1. The van der Waals surface area contributed by atoms with Crippen LogP contribution in [0.2, 0.25) is 10.0 Å². The van der Waals surface area contributed by atoms with E-state index in [1.54, 1.807) is 55.6 Å². The van der Waals surface area contributed by atoms with Gasteiger partial charge in [-0.1, -0.05) is 23.2 Å². The number of hydrogen-bond donors (Lipinski definition) is 1. The van der Waals surface area contributed by atoms with Crippen molar-refractivity contribution in [2.75, 3.05) is 19.0 Å². The molecule has 0 unspecified atom stereocenters. The van der Waals surface area contributed by atoms with Crippen LogP contribution in [0.3, 0.4) is 0 Å². The van der Waals surface area contributed by atoms with Crippen LogP contribution in [0.15, 0.2) is 76.1 Å². The molecule has 1 amide bonds. The molecular formula is C24H17Cl2NO6. The van der Waals surface area contributed by atoms with Gasteiger partial charge in [-0.25, -0.2) is 0 Å². The zero-order chi connectivity index (χ0) is 23.4. The molecular weight excluding hydrogens is 469 g/mol. The number of methoxy groups -OCH3 is 1. The maximum absolute atomic E-state index is 12.8. The van der Waals surface area contributed by atoms with Gasteiger partial charge in [-0.2, -0.15) is 0 Å². The number of anilines is 1.